The fraction of sp³-hybridized carbons (Fsp3) is 0.562. The SMILES string of the molecule is CN1C2CCC1CC(C(=O)Cc1cc(F)ccc1F)C2. The van der Waals surface area contributed by atoms with E-state index in [9.17, 15) is 13.6 Å². The van der Waals surface area contributed by atoms with Crippen molar-refractivity contribution < 1.29 is 13.6 Å². The number of ketones is 1. The molecule has 1 aromatic rings. The van der Waals surface area contributed by atoms with Crippen LogP contribution >= 0.6 is 0 Å². The van der Waals surface area contributed by atoms with E-state index in [0.29, 0.717) is 12.1 Å². The number of fused-ring (bicyclic) bond motifs is 2. The van der Waals surface area contributed by atoms with Crippen molar-refractivity contribution in [1.29, 1.82) is 0 Å². The lowest BCUT2D eigenvalue weighted by Gasteiger charge is -2.35. The van der Waals surface area contributed by atoms with Crippen LogP contribution in [0, 0.1) is 17.6 Å². The summed E-state index contributed by atoms with van der Waals surface area (Å²) >= 11 is 0. The second-order valence-electron chi connectivity index (χ2n) is 6.10. The topological polar surface area (TPSA) is 20.3 Å². The molecule has 3 rings (SSSR count). The number of carbonyl (C=O) groups excluding carboxylic acids is 1. The molecule has 20 heavy (non-hydrogen) atoms. The molecule has 2 aliphatic rings. The maximum absolute atomic E-state index is 13.6. The van der Waals surface area contributed by atoms with Gasteiger partial charge in [0.05, 0.1) is 0 Å². The van der Waals surface area contributed by atoms with E-state index in [2.05, 4.69) is 11.9 Å². The van der Waals surface area contributed by atoms with Crippen molar-refractivity contribution in [2.24, 2.45) is 5.92 Å². The highest BCUT2D eigenvalue weighted by atomic mass is 19.1. The summed E-state index contributed by atoms with van der Waals surface area (Å²) in [6.45, 7) is 0. The first-order valence-electron chi connectivity index (χ1n) is 7.23. The maximum Gasteiger partial charge on any atom is 0.140 e. The summed E-state index contributed by atoms with van der Waals surface area (Å²) in [4.78, 5) is 14.7. The summed E-state index contributed by atoms with van der Waals surface area (Å²) in [5.41, 5.74) is 0.182. The molecule has 2 atom stereocenters. The Morgan fingerprint density at radius 1 is 1.25 bits per heavy atom. The fourth-order valence-corrected chi connectivity index (χ4v) is 3.69. The first kappa shape index (κ1) is 13.7. The zero-order chi connectivity index (χ0) is 14.3. The quantitative estimate of drug-likeness (QED) is 0.848. The Hall–Kier alpha value is -1.29. The summed E-state index contributed by atoms with van der Waals surface area (Å²) in [6.07, 6.45) is 4.04. The normalized spacial score (nSPS) is 29.6. The van der Waals surface area contributed by atoms with Crippen molar-refractivity contribution in [2.75, 3.05) is 7.05 Å². The van der Waals surface area contributed by atoms with Gasteiger partial charge in [0.1, 0.15) is 17.4 Å². The van der Waals surface area contributed by atoms with Crippen LogP contribution in [-0.4, -0.2) is 29.8 Å². The molecule has 108 valence electrons. The number of halogens is 2. The molecule has 1 aromatic carbocycles. The summed E-state index contributed by atoms with van der Waals surface area (Å²) < 4.78 is 26.7. The molecule has 0 radical (unpaired) electrons. The molecule has 2 unspecified atom stereocenters. The van der Waals surface area contributed by atoms with Gasteiger partial charge >= 0.3 is 0 Å². The third-order valence-corrected chi connectivity index (χ3v) is 4.93. The van der Waals surface area contributed by atoms with Gasteiger partial charge in [0.25, 0.3) is 0 Å². The highest BCUT2D eigenvalue weighted by Crippen LogP contribution is 2.38. The molecule has 2 aliphatic heterocycles. The lowest BCUT2D eigenvalue weighted by molar-refractivity contribution is -0.124. The molecular formula is C16H19F2NO. The highest BCUT2D eigenvalue weighted by Gasteiger charge is 2.40. The van der Waals surface area contributed by atoms with Crippen molar-refractivity contribution in [2.45, 2.75) is 44.2 Å². The number of hydrogen-bond acceptors (Lipinski definition) is 2. The minimum atomic E-state index is -0.490. The number of piperidine rings is 1. The molecule has 0 aliphatic carbocycles. The molecule has 4 heteroatoms. The standard InChI is InChI=1S/C16H19F2NO/c1-19-13-3-4-14(19)8-11(7-13)16(20)9-10-6-12(17)2-5-15(10)18/h2,5-6,11,13-14H,3-4,7-9H2,1H3. The summed E-state index contributed by atoms with van der Waals surface area (Å²) in [6, 6.07) is 4.28. The van der Waals surface area contributed by atoms with Crippen LogP contribution in [0.1, 0.15) is 31.2 Å². The van der Waals surface area contributed by atoms with E-state index >= 15 is 0 Å². The Morgan fingerprint density at radius 3 is 2.55 bits per heavy atom. The molecule has 0 amide bonds. The number of rotatable bonds is 3. The van der Waals surface area contributed by atoms with Gasteiger partial charge in [-0.2, -0.15) is 0 Å². The Bertz CT molecular complexity index is 517. The largest absolute Gasteiger partial charge is 0.300 e. The van der Waals surface area contributed by atoms with Crippen LogP contribution in [0.2, 0.25) is 0 Å². The molecule has 2 fully saturated rings. The van der Waals surface area contributed by atoms with Crippen LogP contribution in [0.15, 0.2) is 18.2 Å². The number of carbonyl (C=O) groups is 1. The minimum Gasteiger partial charge on any atom is -0.300 e. The molecule has 0 spiro atoms. The van der Waals surface area contributed by atoms with Crippen LogP contribution in [0.3, 0.4) is 0 Å². The first-order chi connectivity index (χ1) is 9.54. The van der Waals surface area contributed by atoms with Crippen molar-refractivity contribution in [3.63, 3.8) is 0 Å². The lowest BCUT2D eigenvalue weighted by Crippen LogP contribution is -2.42. The van der Waals surface area contributed by atoms with Crippen LogP contribution in [-0.2, 0) is 11.2 Å². The second kappa shape index (κ2) is 5.24. The minimum absolute atomic E-state index is 0.00590. The van der Waals surface area contributed by atoms with E-state index in [1.54, 1.807) is 0 Å². The van der Waals surface area contributed by atoms with Crippen molar-refractivity contribution in [3.8, 4) is 0 Å². The molecule has 2 bridgehead atoms. The zero-order valence-electron chi connectivity index (χ0n) is 11.6. The van der Waals surface area contributed by atoms with Gasteiger partial charge in [-0.1, -0.05) is 0 Å². The summed E-state index contributed by atoms with van der Waals surface area (Å²) in [5, 5.41) is 0. The third-order valence-electron chi connectivity index (χ3n) is 4.93. The first-order valence-corrected chi connectivity index (χ1v) is 7.23. The van der Waals surface area contributed by atoms with Crippen LogP contribution in [0.4, 0.5) is 8.78 Å². The van der Waals surface area contributed by atoms with Crippen molar-refractivity contribution >= 4 is 5.78 Å². The maximum atomic E-state index is 13.6. The Labute approximate surface area is 117 Å². The van der Waals surface area contributed by atoms with E-state index in [4.69, 9.17) is 0 Å². The van der Waals surface area contributed by atoms with E-state index in [-0.39, 0.29) is 23.7 Å². The predicted octanol–water partition coefficient (Wildman–Crippen LogP) is 2.95. The molecule has 0 N–H and O–H groups in total. The molecule has 2 saturated heterocycles. The fourth-order valence-electron chi connectivity index (χ4n) is 3.69. The monoisotopic (exact) mass is 279 g/mol. The molecule has 0 aromatic heterocycles. The Kier molecular flexibility index (Phi) is 3.59. The van der Waals surface area contributed by atoms with E-state index in [0.717, 1.165) is 43.9 Å². The summed E-state index contributed by atoms with van der Waals surface area (Å²) in [5.74, 6) is -0.917. The van der Waals surface area contributed by atoms with E-state index in [1.807, 2.05) is 0 Å². The Morgan fingerprint density at radius 2 is 1.90 bits per heavy atom. The van der Waals surface area contributed by atoms with Gasteiger partial charge in [-0.3, -0.25) is 4.79 Å². The molecule has 2 heterocycles. The number of Topliss-reactive ketones (excluding diaryl/α,β-unsaturated/α-hetero) is 1. The van der Waals surface area contributed by atoms with Gasteiger partial charge in [-0.05, 0) is 56.5 Å². The van der Waals surface area contributed by atoms with Crippen LogP contribution < -0.4 is 0 Å². The Balaban J connectivity index is 1.69. The van der Waals surface area contributed by atoms with Crippen LogP contribution in [0.25, 0.3) is 0 Å². The van der Waals surface area contributed by atoms with Gasteiger partial charge in [-0.25, -0.2) is 8.78 Å². The average Bonchev–Trinajstić information content (AvgIpc) is 2.65. The van der Waals surface area contributed by atoms with Crippen LogP contribution in [0.5, 0.6) is 0 Å². The average molecular weight is 279 g/mol. The van der Waals surface area contributed by atoms with E-state index in [1.165, 1.54) is 0 Å². The second-order valence-corrected chi connectivity index (χ2v) is 6.10. The van der Waals surface area contributed by atoms with Gasteiger partial charge < -0.3 is 4.90 Å². The number of benzene rings is 1. The summed E-state index contributed by atoms with van der Waals surface area (Å²) in [7, 11) is 2.12. The smallest absolute Gasteiger partial charge is 0.140 e. The number of nitrogens with zero attached hydrogens (tertiary/aromatic N) is 1. The lowest BCUT2D eigenvalue weighted by atomic mass is 9.85. The van der Waals surface area contributed by atoms with Crippen molar-refractivity contribution in [1.82, 2.24) is 4.90 Å². The van der Waals surface area contributed by atoms with Crippen molar-refractivity contribution in [3.05, 3.63) is 35.4 Å². The zero-order valence-corrected chi connectivity index (χ0v) is 11.6. The van der Waals surface area contributed by atoms with Gasteiger partial charge in [0, 0.05) is 24.4 Å². The van der Waals surface area contributed by atoms with Gasteiger partial charge in [0.2, 0.25) is 0 Å². The predicted molar refractivity (Wildman–Crippen MR) is 72.4 cm³/mol. The third kappa shape index (κ3) is 2.49. The van der Waals surface area contributed by atoms with E-state index < -0.39 is 11.6 Å². The van der Waals surface area contributed by atoms with Gasteiger partial charge in [0.15, 0.2) is 0 Å². The number of hydrogen-bond donors (Lipinski definition) is 0. The molecular weight excluding hydrogens is 260 g/mol. The van der Waals surface area contributed by atoms with Gasteiger partial charge in [-0.15, -0.1) is 0 Å². The molecule has 0 saturated carbocycles. The highest BCUT2D eigenvalue weighted by molar-refractivity contribution is 5.83. The molecule has 2 nitrogen and oxygen atoms in total.